The molecular weight excluding hydrogens is 297 g/mol. The Morgan fingerprint density at radius 1 is 1.04 bits per heavy atom. The van der Waals surface area contributed by atoms with Crippen molar-refractivity contribution in [3.63, 3.8) is 0 Å². The Hall–Kier alpha value is -3.26. The lowest BCUT2D eigenvalue weighted by Crippen LogP contribution is -2.07. The van der Waals surface area contributed by atoms with Crippen molar-refractivity contribution in [3.05, 3.63) is 53.3 Å². The average molecular weight is 307 g/mol. The van der Waals surface area contributed by atoms with Gasteiger partial charge in [0, 0.05) is 21.9 Å². The molecule has 4 nitrogen and oxygen atoms in total. The van der Waals surface area contributed by atoms with Crippen molar-refractivity contribution < 1.29 is 19.3 Å². The van der Waals surface area contributed by atoms with Crippen molar-refractivity contribution >= 4 is 10.8 Å². The van der Waals surface area contributed by atoms with Gasteiger partial charge in [-0.05, 0) is 42.0 Å². The van der Waals surface area contributed by atoms with E-state index in [4.69, 9.17) is 4.74 Å². The number of nitriles is 1. The zero-order chi connectivity index (χ0) is 16.1. The minimum absolute atomic E-state index is 0.0566. The molecule has 0 amide bonds. The molecule has 23 heavy (non-hydrogen) atoms. The summed E-state index contributed by atoms with van der Waals surface area (Å²) in [5.41, 5.74) is 2.20. The highest BCUT2D eigenvalue weighted by molar-refractivity contribution is 6.00. The van der Waals surface area contributed by atoms with Crippen LogP contribution in [0, 0.1) is 17.1 Å². The first-order chi connectivity index (χ1) is 11.1. The van der Waals surface area contributed by atoms with Crippen molar-refractivity contribution in [1.82, 2.24) is 0 Å². The summed E-state index contributed by atoms with van der Waals surface area (Å²) in [5, 5.41) is 29.8. The smallest absolute Gasteiger partial charge is 0.165 e. The predicted octanol–water partition coefficient (Wildman–Crippen LogP) is 3.82. The summed E-state index contributed by atoms with van der Waals surface area (Å²) in [5.74, 6) is -0.555. The van der Waals surface area contributed by atoms with Crippen molar-refractivity contribution in [3.8, 4) is 34.4 Å². The Labute approximate surface area is 130 Å². The van der Waals surface area contributed by atoms with Crippen LogP contribution in [0.5, 0.6) is 17.2 Å². The van der Waals surface area contributed by atoms with Gasteiger partial charge in [-0.15, -0.1) is 0 Å². The van der Waals surface area contributed by atoms with Gasteiger partial charge in [-0.1, -0.05) is 0 Å². The van der Waals surface area contributed by atoms with E-state index in [1.807, 2.05) is 0 Å². The lowest BCUT2D eigenvalue weighted by molar-refractivity contribution is 0.304. The minimum Gasteiger partial charge on any atom is -0.508 e. The number of halogens is 1. The van der Waals surface area contributed by atoms with E-state index in [1.54, 1.807) is 12.1 Å². The van der Waals surface area contributed by atoms with Gasteiger partial charge >= 0.3 is 0 Å². The van der Waals surface area contributed by atoms with E-state index < -0.39 is 11.6 Å². The number of hydrogen-bond donors (Lipinski definition) is 2. The molecule has 0 atom stereocenters. The van der Waals surface area contributed by atoms with Crippen LogP contribution in [0.15, 0.2) is 36.4 Å². The monoisotopic (exact) mass is 307 g/mol. The summed E-state index contributed by atoms with van der Waals surface area (Å²) in [7, 11) is 0. The van der Waals surface area contributed by atoms with Crippen molar-refractivity contribution in [1.29, 1.82) is 5.26 Å². The van der Waals surface area contributed by atoms with Crippen molar-refractivity contribution in [2.24, 2.45) is 0 Å². The molecule has 0 fully saturated rings. The number of nitrogens with zero attached hydrogens (tertiary/aromatic N) is 1. The molecule has 3 aromatic carbocycles. The summed E-state index contributed by atoms with van der Waals surface area (Å²) in [6.07, 6.45) is 0. The third kappa shape index (κ3) is 1.89. The molecule has 0 spiro atoms. The molecule has 1 aliphatic heterocycles. The van der Waals surface area contributed by atoms with Gasteiger partial charge in [0.05, 0.1) is 11.6 Å². The second kappa shape index (κ2) is 4.62. The standard InChI is InChI=1S/C18H10FNO3/c19-16-6-14-10(4-17(16)22)8-23-18-12-2-1-11(21)5-13(12)9(7-20)3-15(14)18/h1-6,21-22H,8H2. The van der Waals surface area contributed by atoms with Crippen LogP contribution >= 0.6 is 0 Å². The average Bonchev–Trinajstić information content (AvgIpc) is 2.54. The summed E-state index contributed by atoms with van der Waals surface area (Å²) in [6.45, 7) is 0.193. The van der Waals surface area contributed by atoms with Crippen LogP contribution in [0.1, 0.15) is 11.1 Å². The van der Waals surface area contributed by atoms with Crippen LogP contribution in [0.4, 0.5) is 4.39 Å². The van der Waals surface area contributed by atoms with Crippen LogP contribution < -0.4 is 4.74 Å². The van der Waals surface area contributed by atoms with E-state index in [-0.39, 0.29) is 12.4 Å². The fourth-order valence-electron chi connectivity index (χ4n) is 2.96. The molecule has 112 valence electrons. The van der Waals surface area contributed by atoms with E-state index in [1.165, 1.54) is 24.3 Å². The molecule has 2 N–H and O–H groups in total. The third-order valence-corrected chi connectivity index (χ3v) is 4.03. The number of phenols is 2. The number of rotatable bonds is 0. The fourth-order valence-corrected chi connectivity index (χ4v) is 2.96. The molecule has 0 aromatic heterocycles. The number of fused-ring (bicyclic) bond motifs is 5. The summed E-state index contributed by atoms with van der Waals surface area (Å²) in [4.78, 5) is 0. The zero-order valence-corrected chi connectivity index (χ0v) is 11.8. The third-order valence-electron chi connectivity index (χ3n) is 4.03. The number of phenolic OH excluding ortho intramolecular Hbond substituents is 2. The van der Waals surface area contributed by atoms with E-state index in [9.17, 15) is 19.9 Å². The van der Waals surface area contributed by atoms with Crippen molar-refractivity contribution in [2.45, 2.75) is 6.61 Å². The van der Waals surface area contributed by atoms with Gasteiger partial charge < -0.3 is 14.9 Å². The predicted molar refractivity (Wildman–Crippen MR) is 81.7 cm³/mol. The van der Waals surface area contributed by atoms with Crippen LogP contribution in [-0.4, -0.2) is 10.2 Å². The molecule has 4 rings (SSSR count). The number of aromatic hydroxyl groups is 2. The Balaban J connectivity index is 2.11. The second-order valence-electron chi connectivity index (χ2n) is 5.39. The quantitative estimate of drug-likeness (QED) is 0.662. The Kier molecular flexibility index (Phi) is 2.69. The van der Waals surface area contributed by atoms with Crippen molar-refractivity contribution in [2.75, 3.05) is 0 Å². The van der Waals surface area contributed by atoms with Gasteiger partial charge in [-0.2, -0.15) is 5.26 Å². The largest absolute Gasteiger partial charge is 0.508 e. The maximum absolute atomic E-state index is 13.8. The Morgan fingerprint density at radius 3 is 2.65 bits per heavy atom. The summed E-state index contributed by atoms with van der Waals surface area (Å²) < 4.78 is 19.5. The Bertz CT molecular complexity index is 1020. The minimum atomic E-state index is -0.721. The molecule has 0 unspecified atom stereocenters. The molecule has 0 bridgehead atoms. The number of ether oxygens (including phenoxy) is 1. The Morgan fingerprint density at radius 2 is 1.87 bits per heavy atom. The first-order valence-electron chi connectivity index (χ1n) is 6.93. The lowest BCUT2D eigenvalue weighted by atomic mass is 9.91. The molecule has 0 saturated carbocycles. The SMILES string of the molecule is N#Cc1cc2c(c3ccc(O)cc13)OCc1cc(O)c(F)cc1-2. The molecule has 5 heteroatoms. The normalized spacial score (nSPS) is 12.2. The van der Waals surface area contributed by atoms with Gasteiger partial charge in [0.25, 0.3) is 0 Å². The topological polar surface area (TPSA) is 73.5 Å². The number of benzene rings is 3. The summed E-state index contributed by atoms with van der Waals surface area (Å²) in [6, 6.07) is 11.0. The highest BCUT2D eigenvalue weighted by atomic mass is 19.1. The molecule has 0 radical (unpaired) electrons. The van der Waals surface area contributed by atoms with Gasteiger partial charge in [0.2, 0.25) is 0 Å². The molecule has 0 aliphatic carbocycles. The van der Waals surface area contributed by atoms with E-state index >= 15 is 0 Å². The molecule has 0 saturated heterocycles. The van der Waals surface area contributed by atoms with E-state index in [0.717, 1.165) is 0 Å². The van der Waals surface area contributed by atoms with Crippen LogP contribution in [0.2, 0.25) is 0 Å². The fraction of sp³-hybridized carbons (Fsp3) is 0.0556. The molecule has 1 heterocycles. The van der Waals surface area contributed by atoms with Gasteiger partial charge in [-0.25, -0.2) is 4.39 Å². The van der Waals surface area contributed by atoms with Gasteiger partial charge in [0.15, 0.2) is 11.6 Å². The maximum atomic E-state index is 13.8. The molecule has 3 aromatic rings. The molecule has 1 aliphatic rings. The first-order valence-corrected chi connectivity index (χ1v) is 6.93. The second-order valence-corrected chi connectivity index (χ2v) is 5.39. The van der Waals surface area contributed by atoms with E-state index in [2.05, 4.69) is 6.07 Å². The van der Waals surface area contributed by atoms with Gasteiger partial charge in [0.1, 0.15) is 18.1 Å². The van der Waals surface area contributed by atoms with Crippen LogP contribution in [-0.2, 0) is 6.61 Å². The number of hydrogen-bond acceptors (Lipinski definition) is 4. The van der Waals surface area contributed by atoms with Crippen LogP contribution in [0.25, 0.3) is 21.9 Å². The molecular formula is C18H10FNO3. The lowest BCUT2D eigenvalue weighted by Gasteiger charge is -2.23. The maximum Gasteiger partial charge on any atom is 0.165 e. The zero-order valence-electron chi connectivity index (χ0n) is 11.8. The van der Waals surface area contributed by atoms with E-state index in [0.29, 0.717) is 38.8 Å². The summed E-state index contributed by atoms with van der Waals surface area (Å²) >= 11 is 0. The first kappa shape index (κ1) is 13.4. The van der Waals surface area contributed by atoms with Crippen LogP contribution in [0.3, 0.4) is 0 Å². The highest BCUT2D eigenvalue weighted by Gasteiger charge is 2.23. The van der Waals surface area contributed by atoms with Gasteiger partial charge in [-0.3, -0.25) is 0 Å². The highest BCUT2D eigenvalue weighted by Crippen LogP contribution is 2.45.